The zero-order valence-electron chi connectivity index (χ0n) is 7.15. The van der Waals surface area contributed by atoms with Crippen molar-refractivity contribution in [1.29, 1.82) is 0 Å². The molecule has 63 valence electrons. The Kier molecular flexibility index (Phi) is 3.04. The van der Waals surface area contributed by atoms with E-state index in [0.717, 1.165) is 16.5 Å². The fraction of sp³-hybridized carbons (Fsp3) is 0.300. The topological polar surface area (TPSA) is 17.1 Å². The van der Waals surface area contributed by atoms with Crippen LogP contribution >= 0.6 is 15.9 Å². The van der Waals surface area contributed by atoms with Gasteiger partial charge in [-0.3, -0.25) is 4.79 Å². The molecule has 0 spiro atoms. The van der Waals surface area contributed by atoms with Gasteiger partial charge in [0.1, 0.15) is 0 Å². The predicted molar refractivity (Wildman–Crippen MR) is 53.3 cm³/mol. The minimum absolute atomic E-state index is 0.694. The third kappa shape index (κ3) is 1.75. The van der Waals surface area contributed by atoms with E-state index >= 15 is 0 Å². The Labute approximate surface area is 80.9 Å². The second kappa shape index (κ2) is 3.85. The lowest BCUT2D eigenvalue weighted by Gasteiger charge is -2.04. The number of hydrogen-bond donors (Lipinski definition) is 0. The van der Waals surface area contributed by atoms with Crippen molar-refractivity contribution in [2.24, 2.45) is 0 Å². The number of halogens is 1. The largest absolute Gasteiger partial charge is 0.285 e. The zero-order valence-corrected chi connectivity index (χ0v) is 8.73. The van der Waals surface area contributed by atoms with Gasteiger partial charge in [-0.2, -0.15) is 0 Å². The Balaban J connectivity index is 3.27. The average molecular weight is 226 g/mol. The van der Waals surface area contributed by atoms with Crippen molar-refractivity contribution in [3.05, 3.63) is 34.4 Å². The molecule has 0 heterocycles. The molecule has 0 aliphatic rings. The van der Waals surface area contributed by atoms with Gasteiger partial charge in [0.25, 0.3) is 0 Å². The first-order chi connectivity index (χ1) is 5.69. The van der Waals surface area contributed by atoms with Crippen LogP contribution in [-0.2, 0) is 10.1 Å². The van der Waals surface area contributed by atoms with E-state index in [0.29, 0.717) is 5.56 Å². The summed E-state index contributed by atoms with van der Waals surface area (Å²) in [6.07, 6.45) is 1.95. The lowest BCUT2D eigenvalue weighted by Crippen LogP contribution is -1.93. The van der Waals surface area contributed by atoms with Crippen LogP contribution in [0.2, 0.25) is 0 Å². The molecule has 0 saturated carbocycles. The SMILES string of the molecule is Cc1cc(CBr)cc(C)c1[C]=O. The number of carbonyl (C=O) groups excluding carboxylic acids is 1. The molecular formula is C10H10BrO. The summed E-state index contributed by atoms with van der Waals surface area (Å²) >= 11 is 3.37. The van der Waals surface area contributed by atoms with Gasteiger partial charge in [-0.1, -0.05) is 28.1 Å². The number of hydrogen-bond acceptors (Lipinski definition) is 1. The summed E-state index contributed by atoms with van der Waals surface area (Å²) < 4.78 is 0. The Bertz CT molecular complexity index is 282. The van der Waals surface area contributed by atoms with Crippen LogP contribution in [0.25, 0.3) is 0 Å². The van der Waals surface area contributed by atoms with Crippen LogP contribution in [0.15, 0.2) is 12.1 Å². The molecule has 0 fully saturated rings. The van der Waals surface area contributed by atoms with E-state index in [1.165, 1.54) is 5.56 Å². The first-order valence-corrected chi connectivity index (χ1v) is 4.85. The maximum absolute atomic E-state index is 10.5. The molecule has 0 saturated heterocycles. The molecule has 0 bridgehead atoms. The Morgan fingerprint density at radius 3 is 2.17 bits per heavy atom. The molecule has 2 heteroatoms. The van der Waals surface area contributed by atoms with Gasteiger partial charge < -0.3 is 0 Å². The van der Waals surface area contributed by atoms with E-state index in [1.807, 2.05) is 32.3 Å². The van der Waals surface area contributed by atoms with Gasteiger partial charge in [-0.05, 0) is 30.5 Å². The third-order valence-corrected chi connectivity index (χ3v) is 2.50. The molecule has 1 radical (unpaired) electrons. The first kappa shape index (κ1) is 9.46. The molecule has 0 N–H and O–H groups in total. The van der Waals surface area contributed by atoms with Gasteiger partial charge in [-0.25, -0.2) is 0 Å². The van der Waals surface area contributed by atoms with Gasteiger partial charge in [0, 0.05) is 10.9 Å². The fourth-order valence-electron chi connectivity index (χ4n) is 1.29. The van der Waals surface area contributed by atoms with Crippen molar-refractivity contribution >= 4 is 22.2 Å². The van der Waals surface area contributed by atoms with Crippen LogP contribution in [-0.4, -0.2) is 6.29 Å². The van der Waals surface area contributed by atoms with Crippen molar-refractivity contribution in [3.8, 4) is 0 Å². The van der Waals surface area contributed by atoms with Crippen molar-refractivity contribution in [1.82, 2.24) is 0 Å². The van der Waals surface area contributed by atoms with Gasteiger partial charge in [0.05, 0.1) is 0 Å². The normalized spacial score (nSPS) is 9.92. The molecule has 1 aromatic carbocycles. The lowest BCUT2D eigenvalue weighted by molar-refractivity contribution is 0.562. The van der Waals surface area contributed by atoms with Crippen LogP contribution in [0.5, 0.6) is 0 Å². The van der Waals surface area contributed by atoms with Crippen LogP contribution in [0.3, 0.4) is 0 Å². The van der Waals surface area contributed by atoms with Crippen LogP contribution in [0.1, 0.15) is 22.3 Å². The molecule has 0 aliphatic heterocycles. The van der Waals surface area contributed by atoms with E-state index in [4.69, 9.17) is 0 Å². The van der Waals surface area contributed by atoms with Gasteiger partial charge in [0.2, 0.25) is 6.29 Å². The summed E-state index contributed by atoms with van der Waals surface area (Å²) in [7, 11) is 0. The van der Waals surface area contributed by atoms with Crippen LogP contribution < -0.4 is 0 Å². The molecule has 12 heavy (non-hydrogen) atoms. The number of rotatable bonds is 2. The van der Waals surface area contributed by atoms with Crippen molar-refractivity contribution in [2.75, 3.05) is 0 Å². The minimum Gasteiger partial charge on any atom is -0.285 e. The predicted octanol–water partition coefficient (Wildman–Crippen LogP) is 2.66. The smallest absolute Gasteiger partial charge is 0.234 e. The number of alkyl halides is 1. The minimum atomic E-state index is 0.694. The standard InChI is InChI=1S/C10H10BrO/c1-7-3-9(5-11)4-8(2)10(7)6-12/h3-4H,5H2,1-2H3. The Morgan fingerprint density at radius 1 is 1.33 bits per heavy atom. The summed E-state index contributed by atoms with van der Waals surface area (Å²) in [5, 5.41) is 0.827. The second-order valence-electron chi connectivity index (χ2n) is 2.84. The molecule has 1 nitrogen and oxygen atoms in total. The third-order valence-electron chi connectivity index (χ3n) is 1.85. The quantitative estimate of drug-likeness (QED) is 0.708. The van der Waals surface area contributed by atoms with Gasteiger partial charge in [-0.15, -0.1) is 0 Å². The van der Waals surface area contributed by atoms with Crippen LogP contribution in [0.4, 0.5) is 0 Å². The monoisotopic (exact) mass is 225 g/mol. The van der Waals surface area contributed by atoms with E-state index < -0.39 is 0 Å². The number of aryl methyl sites for hydroxylation is 2. The summed E-state index contributed by atoms with van der Waals surface area (Å²) in [5.74, 6) is 0. The molecule has 1 rings (SSSR count). The van der Waals surface area contributed by atoms with E-state index in [2.05, 4.69) is 15.9 Å². The maximum atomic E-state index is 10.5. The van der Waals surface area contributed by atoms with Crippen LogP contribution in [0, 0.1) is 13.8 Å². The molecular weight excluding hydrogens is 216 g/mol. The van der Waals surface area contributed by atoms with Crippen molar-refractivity contribution in [3.63, 3.8) is 0 Å². The highest BCUT2D eigenvalue weighted by Crippen LogP contribution is 2.16. The van der Waals surface area contributed by atoms with Crippen molar-refractivity contribution < 1.29 is 4.79 Å². The average Bonchev–Trinajstić information content (AvgIpc) is 2.03. The number of benzene rings is 1. The van der Waals surface area contributed by atoms with E-state index in [1.54, 1.807) is 0 Å². The molecule has 0 aliphatic carbocycles. The second-order valence-corrected chi connectivity index (χ2v) is 3.40. The summed E-state index contributed by atoms with van der Waals surface area (Å²) in [5.41, 5.74) is 3.89. The highest BCUT2D eigenvalue weighted by Gasteiger charge is 2.03. The zero-order chi connectivity index (χ0) is 9.14. The first-order valence-electron chi connectivity index (χ1n) is 3.73. The maximum Gasteiger partial charge on any atom is 0.234 e. The van der Waals surface area contributed by atoms with Gasteiger partial charge >= 0.3 is 0 Å². The highest BCUT2D eigenvalue weighted by molar-refractivity contribution is 9.08. The molecule has 0 unspecified atom stereocenters. The van der Waals surface area contributed by atoms with Gasteiger partial charge in [0.15, 0.2) is 0 Å². The van der Waals surface area contributed by atoms with E-state index in [-0.39, 0.29) is 0 Å². The molecule has 0 aromatic heterocycles. The molecule has 1 aromatic rings. The fourth-order valence-corrected chi connectivity index (χ4v) is 1.62. The summed E-state index contributed by atoms with van der Waals surface area (Å²) in [6, 6.07) is 4.00. The Hall–Kier alpha value is -0.630. The Morgan fingerprint density at radius 2 is 1.83 bits per heavy atom. The van der Waals surface area contributed by atoms with E-state index in [9.17, 15) is 4.79 Å². The highest BCUT2D eigenvalue weighted by atomic mass is 79.9. The molecule has 0 amide bonds. The summed E-state index contributed by atoms with van der Waals surface area (Å²) in [4.78, 5) is 10.5. The summed E-state index contributed by atoms with van der Waals surface area (Å²) in [6.45, 7) is 3.86. The molecule has 0 atom stereocenters. The lowest BCUT2D eigenvalue weighted by atomic mass is 10.0. The van der Waals surface area contributed by atoms with Crippen molar-refractivity contribution in [2.45, 2.75) is 19.2 Å².